The summed E-state index contributed by atoms with van der Waals surface area (Å²) in [6.45, 7) is 1.81. The van der Waals surface area contributed by atoms with Gasteiger partial charge in [0, 0.05) is 23.6 Å². The Morgan fingerprint density at radius 3 is 2.76 bits per heavy atom. The van der Waals surface area contributed by atoms with Gasteiger partial charge < -0.3 is 9.72 Å². The van der Waals surface area contributed by atoms with Crippen molar-refractivity contribution in [1.29, 1.82) is 0 Å². The maximum Gasteiger partial charge on any atom is 0.305 e. The van der Waals surface area contributed by atoms with Crippen LogP contribution >= 0.6 is 0 Å². The van der Waals surface area contributed by atoms with E-state index in [1.54, 1.807) is 0 Å². The van der Waals surface area contributed by atoms with Gasteiger partial charge in [0.2, 0.25) is 0 Å². The summed E-state index contributed by atoms with van der Waals surface area (Å²) in [5.74, 6) is 0.903. The van der Waals surface area contributed by atoms with E-state index in [9.17, 15) is 9.59 Å². The summed E-state index contributed by atoms with van der Waals surface area (Å²) in [6.07, 6.45) is 2.80. The van der Waals surface area contributed by atoms with E-state index < -0.39 is 0 Å². The number of aromatic amines is 1. The number of hydrogen-bond acceptors (Lipinski definition) is 4. The van der Waals surface area contributed by atoms with Gasteiger partial charge in [-0.15, -0.1) is 0 Å². The van der Waals surface area contributed by atoms with Crippen LogP contribution in [0.5, 0.6) is 0 Å². The van der Waals surface area contributed by atoms with Crippen molar-refractivity contribution in [3.63, 3.8) is 0 Å². The van der Waals surface area contributed by atoms with E-state index in [2.05, 4.69) is 14.7 Å². The van der Waals surface area contributed by atoms with Gasteiger partial charge >= 0.3 is 5.97 Å². The number of esters is 1. The second-order valence-corrected chi connectivity index (χ2v) is 4.37. The fraction of sp³-hybridized carbons (Fsp3) is 0.583. The largest absolute Gasteiger partial charge is 0.469 e. The van der Waals surface area contributed by atoms with Crippen molar-refractivity contribution in [3.8, 4) is 0 Å². The highest BCUT2D eigenvalue weighted by Crippen LogP contribution is 2.37. The van der Waals surface area contributed by atoms with E-state index in [1.165, 1.54) is 7.11 Å². The molecule has 1 N–H and O–H groups in total. The van der Waals surface area contributed by atoms with Gasteiger partial charge in [0.1, 0.15) is 5.82 Å². The molecule has 0 bridgehead atoms. The van der Waals surface area contributed by atoms with Gasteiger partial charge in [-0.3, -0.25) is 9.59 Å². The zero-order chi connectivity index (χ0) is 12.4. The highest BCUT2D eigenvalue weighted by Gasteiger charge is 2.26. The smallest absolute Gasteiger partial charge is 0.305 e. The molecule has 1 heterocycles. The number of hydrogen-bond donors (Lipinski definition) is 1. The second-order valence-electron chi connectivity index (χ2n) is 4.37. The van der Waals surface area contributed by atoms with Crippen molar-refractivity contribution < 1.29 is 9.53 Å². The van der Waals surface area contributed by atoms with Crippen LogP contribution in [0.1, 0.15) is 42.3 Å². The highest BCUT2D eigenvalue weighted by molar-refractivity contribution is 5.69. The van der Waals surface area contributed by atoms with Gasteiger partial charge in [-0.2, -0.15) is 0 Å². The molecule has 17 heavy (non-hydrogen) atoms. The SMILES string of the molecule is COC(=O)CCc1c(C)nc(C2CC2)[nH]c1=O. The van der Waals surface area contributed by atoms with Gasteiger partial charge in [-0.05, 0) is 26.2 Å². The Balaban J connectivity index is 2.16. The van der Waals surface area contributed by atoms with Crippen molar-refractivity contribution in [2.75, 3.05) is 7.11 Å². The minimum atomic E-state index is -0.310. The quantitative estimate of drug-likeness (QED) is 0.793. The molecule has 5 nitrogen and oxygen atoms in total. The topological polar surface area (TPSA) is 72.0 Å². The average Bonchev–Trinajstić information content (AvgIpc) is 3.11. The number of carbonyl (C=O) groups excluding carboxylic acids is 1. The van der Waals surface area contributed by atoms with E-state index in [4.69, 9.17) is 0 Å². The first-order chi connectivity index (χ1) is 8.11. The van der Waals surface area contributed by atoms with E-state index >= 15 is 0 Å². The number of carbonyl (C=O) groups is 1. The van der Waals surface area contributed by atoms with Gasteiger partial charge in [0.05, 0.1) is 7.11 Å². The van der Waals surface area contributed by atoms with E-state index in [0.29, 0.717) is 17.9 Å². The Labute approximate surface area is 99.2 Å². The average molecular weight is 236 g/mol. The Bertz CT molecular complexity index is 489. The summed E-state index contributed by atoms with van der Waals surface area (Å²) in [7, 11) is 1.34. The number of nitrogens with one attached hydrogen (secondary N) is 1. The molecule has 1 fully saturated rings. The first kappa shape index (κ1) is 11.8. The first-order valence-electron chi connectivity index (χ1n) is 5.78. The van der Waals surface area contributed by atoms with Crippen molar-refractivity contribution in [2.45, 2.75) is 38.5 Å². The fourth-order valence-corrected chi connectivity index (χ4v) is 1.81. The van der Waals surface area contributed by atoms with Gasteiger partial charge in [0.25, 0.3) is 5.56 Å². The molecule has 0 spiro atoms. The van der Waals surface area contributed by atoms with Crippen LogP contribution in [-0.4, -0.2) is 23.0 Å². The number of aryl methyl sites for hydroxylation is 1. The molecule has 0 unspecified atom stereocenters. The van der Waals surface area contributed by atoms with Crippen LogP contribution < -0.4 is 5.56 Å². The molecule has 0 saturated heterocycles. The Kier molecular flexibility index (Phi) is 3.26. The summed E-state index contributed by atoms with van der Waals surface area (Å²) in [5.41, 5.74) is 1.18. The van der Waals surface area contributed by atoms with Crippen LogP contribution in [0, 0.1) is 6.92 Å². The highest BCUT2D eigenvalue weighted by atomic mass is 16.5. The van der Waals surface area contributed by atoms with E-state index in [0.717, 1.165) is 24.4 Å². The maximum atomic E-state index is 11.8. The molecule has 0 atom stereocenters. The van der Waals surface area contributed by atoms with Crippen LogP contribution in [0.3, 0.4) is 0 Å². The van der Waals surface area contributed by atoms with Crippen molar-refractivity contribution in [1.82, 2.24) is 9.97 Å². The van der Waals surface area contributed by atoms with Gasteiger partial charge in [0.15, 0.2) is 0 Å². The summed E-state index contributed by atoms with van der Waals surface area (Å²) in [4.78, 5) is 30.1. The summed E-state index contributed by atoms with van der Waals surface area (Å²) in [6, 6.07) is 0. The zero-order valence-electron chi connectivity index (χ0n) is 10.1. The predicted octanol–water partition coefficient (Wildman–Crippen LogP) is 1.06. The molecule has 1 saturated carbocycles. The molecule has 1 aliphatic carbocycles. The molecule has 2 rings (SSSR count). The maximum absolute atomic E-state index is 11.8. The normalized spacial score (nSPS) is 14.7. The molecule has 0 aliphatic heterocycles. The number of rotatable bonds is 4. The van der Waals surface area contributed by atoms with E-state index in [-0.39, 0.29) is 17.9 Å². The lowest BCUT2D eigenvalue weighted by Crippen LogP contribution is -2.19. The number of ether oxygens (including phenoxy) is 1. The molecular formula is C12H16N2O3. The summed E-state index contributed by atoms with van der Waals surface area (Å²) in [5, 5.41) is 0. The van der Waals surface area contributed by atoms with Crippen LogP contribution in [0.25, 0.3) is 0 Å². The molecule has 0 amide bonds. The molecule has 5 heteroatoms. The van der Waals surface area contributed by atoms with Gasteiger partial charge in [-0.25, -0.2) is 4.98 Å². The van der Waals surface area contributed by atoms with Gasteiger partial charge in [-0.1, -0.05) is 0 Å². The minimum Gasteiger partial charge on any atom is -0.469 e. The predicted molar refractivity (Wildman–Crippen MR) is 61.9 cm³/mol. The lowest BCUT2D eigenvalue weighted by Gasteiger charge is -2.05. The molecular weight excluding hydrogens is 220 g/mol. The van der Waals surface area contributed by atoms with Crippen molar-refractivity contribution in [2.24, 2.45) is 0 Å². The summed E-state index contributed by atoms with van der Waals surface area (Å²) >= 11 is 0. The lowest BCUT2D eigenvalue weighted by molar-refractivity contribution is -0.140. The third kappa shape index (κ3) is 2.72. The van der Waals surface area contributed by atoms with Crippen LogP contribution in [-0.2, 0) is 16.0 Å². The third-order valence-corrected chi connectivity index (χ3v) is 3.01. The zero-order valence-corrected chi connectivity index (χ0v) is 10.1. The molecule has 0 radical (unpaired) electrons. The minimum absolute atomic E-state index is 0.122. The van der Waals surface area contributed by atoms with E-state index in [1.807, 2.05) is 6.92 Å². The molecule has 0 aromatic carbocycles. The third-order valence-electron chi connectivity index (χ3n) is 3.01. The monoisotopic (exact) mass is 236 g/mol. The number of nitrogens with zero attached hydrogens (tertiary/aromatic N) is 1. The fourth-order valence-electron chi connectivity index (χ4n) is 1.81. The van der Waals surface area contributed by atoms with Crippen LogP contribution in [0.2, 0.25) is 0 Å². The first-order valence-corrected chi connectivity index (χ1v) is 5.78. The second kappa shape index (κ2) is 4.69. The molecule has 1 aromatic heterocycles. The molecule has 1 aliphatic rings. The summed E-state index contributed by atoms with van der Waals surface area (Å²) < 4.78 is 4.55. The van der Waals surface area contributed by atoms with Crippen LogP contribution in [0.4, 0.5) is 0 Å². The number of methoxy groups -OCH3 is 1. The lowest BCUT2D eigenvalue weighted by atomic mass is 10.1. The standard InChI is InChI=1S/C12H16N2O3/c1-7-9(5-6-10(15)17-2)12(16)14-11(13-7)8-3-4-8/h8H,3-6H2,1-2H3,(H,13,14,16). The van der Waals surface area contributed by atoms with Crippen molar-refractivity contribution in [3.05, 3.63) is 27.4 Å². The molecule has 1 aromatic rings. The number of aromatic nitrogens is 2. The Morgan fingerprint density at radius 1 is 1.53 bits per heavy atom. The Morgan fingerprint density at radius 2 is 2.24 bits per heavy atom. The Hall–Kier alpha value is -1.65. The molecule has 92 valence electrons. The van der Waals surface area contributed by atoms with Crippen LogP contribution in [0.15, 0.2) is 4.79 Å². The van der Waals surface area contributed by atoms with Crippen molar-refractivity contribution >= 4 is 5.97 Å². The number of H-pyrrole nitrogens is 1.